The zero-order chi connectivity index (χ0) is 12.3. The van der Waals surface area contributed by atoms with Crippen LogP contribution in [0.15, 0.2) is 24.3 Å². The first-order valence-corrected chi connectivity index (χ1v) is 5.04. The van der Waals surface area contributed by atoms with Gasteiger partial charge in [-0.1, -0.05) is 18.2 Å². The molecular formula is C12H16O4. The van der Waals surface area contributed by atoms with Crippen molar-refractivity contribution in [3.05, 3.63) is 35.4 Å². The SMILES string of the molecule is CC(C)(O)C(O)Cc1ccccc1C(=O)O. The molecule has 4 heteroatoms. The Hall–Kier alpha value is -1.39. The summed E-state index contributed by atoms with van der Waals surface area (Å²) >= 11 is 0. The van der Waals surface area contributed by atoms with Crippen LogP contribution in [0.25, 0.3) is 0 Å². The summed E-state index contributed by atoms with van der Waals surface area (Å²) in [5.41, 5.74) is -0.568. The standard InChI is InChI=1S/C12H16O4/c1-12(2,16)10(13)7-8-5-3-4-6-9(8)11(14)15/h3-6,10,13,16H,7H2,1-2H3,(H,14,15). The van der Waals surface area contributed by atoms with E-state index in [1.165, 1.54) is 19.9 Å². The van der Waals surface area contributed by atoms with Crippen LogP contribution >= 0.6 is 0 Å². The van der Waals surface area contributed by atoms with Crippen LogP contribution in [0.1, 0.15) is 29.8 Å². The highest BCUT2D eigenvalue weighted by atomic mass is 16.4. The van der Waals surface area contributed by atoms with Crippen molar-refractivity contribution in [1.82, 2.24) is 0 Å². The van der Waals surface area contributed by atoms with Crippen molar-refractivity contribution in [2.45, 2.75) is 32.0 Å². The molecule has 0 aromatic heterocycles. The number of hydrogen-bond donors (Lipinski definition) is 3. The van der Waals surface area contributed by atoms with Crippen molar-refractivity contribution in [1.29, 1.82) is 0 Å². The molecule has 0 fully saturated rings. The fourth-order valence-electron chi connectivity index (χ4n) is 1.37. The molecule has 4 nitrogen and oxygen atoms in total. The van der Waals surface area contributed by atoms with Gasteiger partial charge in [0.15, 0.2) is 0 Å². The number of aliphatic hydroxyl groups excluding tert-OH is 1. The van der Waals surface area contributed by atoms with Gasteiger partial charge in [0, 0.05) is 6.42 Å². The van der Waals surface area contributed by atoms with Gasteiger partial charge in [-0.05, 0) is 25.5 Å². The summed E-state index contributed by atoms with van der Waals surface area (Å²) in [6.45, 7) is 2.97. The number of carboxylic acids is 1. The van der Waals surface area contributed by atoms with E-state index >= 15 is 0 Å². The van der Waals surface area contributed by atoms with Crippen LogP contribution in [0.2, 0.25) is 0 Å². The molecule has 0 bridgehead atoms. The van der Waals surface area contributed by atoms with Crippen molar-refractivity contribution >= 4 is 5.97 Å². The molecule has 88 valence electrons. The predicted molar refractivity (Wildman–Crippen MR) is 59.4 cm³/mol. The Morgan fingerprint density at radius 3 is 2.44 bits per heavy atom. The van der Waals surface area contributed by atoms with E-state index in [0.717, 1.165) is 0 Å². The Morgan fingerprint density at radius 2 is 1.94 bits per heavy atom. The van der Waals surface area contributed by atoms with Crippen LogP contribution in [-0.4, -0.2) is 33.0 Å². The lowest BCUT2D eigenvalue weighted by Gasteiger charge is -2.24. The van der Waals surface area contributed by atoms with Gasteiger partial charge >= 0.3 is 5.97 Å². The van der Waals surface area contributed by atoms with Crippen LogP contribution in [0.3, 0.4) is 0 Å². The average molecular weight is 224 g/mol. The highest BCUT2D eigenvalue weighted by Gasteiger charge is 2.25. The second kappa shape index (κ2) is 4.63. The Kier molecular flexibility index (Phi) is 3.67. The van der Waals surface area contributed by atoms with Crippen LogP contribution in [0, 0.1) is 0 Å². The van der Waals surface area contributed by atoms with E-state index in [-0.39, 0.29) is 12.0 Å². The van der Waals surface area contributed by atoms with Crippen LogP contribution in [0.5, 0.6) is 0 Å². The maximum absolute atomic E-state index is 10.9. The molecule has 0 aliphatic carbocycles. The monoisotopic (exact) mass is 224 g/mol. The molecule has 0 aliphatic rings. The van der Waals surface area contributed by atoms with E-state index < -0.39 is 17.7 Å². The molecule has 0 radical (unpaired) electrons. The van der Waals surface area contributed by atoms with Crippen molar-refractivity contribution in [3.8, 4) is 0 Å². The summed E-state index contributed by atoms with van der Waals surface area (Å²) in [5.74, 6) is -1.03. The summed E-state index contributed by atoms with van der Waals surface area (Å²) < 4.78 is 0. The average Bonchev–Trinajstić information content (AvgIpc) is 2.16. The van der Waals surface area contributed by atoms with E-state index in [1.54, 1.807) is 18.2 Å². The molecule has 1 aromatic carbocycles. The summed E-state index contributed by atoms with van der Waals surface area (Å²) in [6, 6.07) is 6.45. The van der Waals surface area contributed by atoms with E-state index in [4.69, 9.17) is 5.11 Å². The van der Waals surface area contributed by atoms with Gasteiger partial charge < -0.3 is 15.3 Å². The lowest BCUT2D eigenvalue weighted by Crippen LogP contribution is -2.37. The molecule has 0 amide bonds. The number of hydrogen-bond acceptors (Lipinski definition) is 3. The highest BCUT2D eigenvalue weighted by molar-refractivity contribution is 5.89. The molecule has 1 atom stereocenters. The normalized spacial score (nSPS) is 13.5. The van der Waals surface area contributed by atoms with Gasteiger partial charge in [0.1, 0.15) is 0 Å². The van der Waals surface area contributed by atoms with E-state index in [9.17, 15) is 15.0 Å². The molecule has 0 saturated heterocycles. The summed E-state index contributed by atoms with van der Waals surface area (Å²) in [7, 11) is 0. The number of benzene rings is 1. The minimum Gasteiger partial charge on any atom is -0.478 e. The lowest BCUT2D eigenvalue weighted by molar-refractivity contribution is -0.0470. The fourth-order valence-corrected chi connectivity index (χ4v) is 1.37. The van der Waals surface area contributed by atoms with Gasteiger partial charge in [0.25, 0.3) is 0 Å². The number of aliphatic hydroxyl groups is 2. The first-order valence-electron chi connectivity index (χ1n) is 5.04. The Labute approximate surface area is 94.2 Å². The number of carboxylic acid groups (broad SMARTS) is 1. The smallest absolute Gasteiger partial charge is 0.335 e. The quantitative estimate of drug-likeness (QED) is 0.714. The second-order valence-corrected chi connectivity index (χ2v) is 4.34. The Morgan fingerprint density at radius 1 is 1.38 bits per heavy atom. The van der Waals surface area contributed by atoms with Crippen molar-refractivity contribution in [3.63, 3.8) is 0 Å². The molecule has 1 aromatic rings. The second-order valence-electron chi connectivity index (χ2n) is 4.34. The topological polar surface area (TPSA) is 77.8 Å². The summed E-state index contributed by atoms with van der Waals surface area (Å²) in [4.78, 5) is 10.9. The molecule has 1 rings (SSSR count). The Balaban J connectivity index is 2.93. The number of carbonyl (C=O) groups is 1. The van der Waals surface area contributed by atoms with Crippen molar-refractivity contribution in [2.24, 2.45) is 0 Å². The highest BCUT2D eigenvalue weighted by Crippen LogP contribution is 2.17. The van der Waals surface area contributed by atoms with Gasteiger partial charge in [-0.25, -0.2) is 4.79 Å². The summed E-state index contributed by atoms with van der Waals surface area (Å²) in [6.07, 6.45) is -0.876. The Bertz CT molecular complexity index is 379. The third kappa shape index (κ3) is 3.05. The van der Waals surface area contributed by atoms with Crippen LogP contribution in [-0.2, 0) is 6.42 Å². The van der Waals surface area contributed by atoms with Gasteiger partial charge in [-0.2, -0.15) is 0 Å². The molecule has 0 aliphatic heterocycles. The predicted octanol–water partition coefficient (Wildman–Crippen LogP) is 1.06. The largest absolute Gasteiger partial charge is 0.478 e. The van der Waals surface area contributed by atoms with E-state index in [0.29, 0.717) is 5.56 Å². The minimum absolute atomic E-state index is 0.117. The maximum atomic E-state index is 10.9. The third-order valence-corrected chi connectivity index (χ3v) is 2.48. The molecule has 16 heavy (non-hydrogen) atoms. The first kappa shape index (κ1) is 12.7. The summed E-state index contributed by atoms with van der Waals surface area (Å²) in [5, 5.41) is 28.2. The van der Waals surface area contributed by atoms with Crippen molar-refractivity contribution in [2.75, 3.05) is 0 Å². The zero-order valence-electron chi connectivity index (χ0n) is 9.34. The zero-order valence-corrected chi connectivity index (χ0v) is 9.34. The lowest BCUT2D eigenvalue weighted by atomic mass is 9.93. The molecule has 0 heterocycles. The van der Waals surface area contributed by atoms with Gasteiger partial charge in [0.2, 0.25) is 0 Å². The van der Waals surface area contributed by atoms with Crippen molar-refractivity contribution < 1.29 is 20.1 Å². The minimum atomic E-state index is -1.24. The molecule has 0 spiro atoms. The molecule has 1 unspecified atom stereocenters. The fraction of sp³-hybridized carbons (Fsp3) is 0.417. The number of rotatable bonds is 4. The molecular weight excluding hydrogens is 208 g/mol. The van der Waals surface area contributed by atoms with E-state index in [1.807, 2.05) is 0 Å². The number of aromatic carboxylic acids is 1. The van der Waals surface area contributed by atoms with Gasteiger partial charge in [-0.15, -0.1) is 0 Å². The van der Waals surface area contributed by atoms with E-state index in [2.05, 4.69) is 0 Å². The first-order chi connectivity index (χ1) is 7.32. The maximum Gasteiger partial charge on any atom is 0.335 e. The van der Waals surface area contributed by atoms with Crippen LogP contribution in [0.4, 0.5) is 0 Å². The third-order valence-electron chi connectivity index (χ3n) is 2.48. The van der Waals surface area contributed by atoms with Gasteiger partial charge in [0.05, 0.1) is 17.3 Å². The van der Waals surface area contributed by atoms with Gasteiger partial charge in [-0.3, -0.25) is 0 Å². The van der Waals surface area contributed by atoms with Crippen LogP contribution < -0.4 is 0 Å². The molecule has 3 N–H and O–H groups in total. The molecule has 0 saturated carbocycles.